The highest BCUT2D eigenvalue weighted by atomic mass is 19.1. The van der Waals surface area contributed by atoms with E-state index in [1.54, 1.807) is 12.5 Å². The molecule has 2 rings (SSSR count). The quantitative estimate of drug-likeness (QED) is 0.572. The van der Waals surface area contributed by atoms with E-state index in [1.807, 2.05) is 24.1 Å². The molecular formula is C16H24FN3O2. The summed E-state index contributed by atoms with van der Waals surface area (Å²) in [4.78, 5) is 10.6. The minimum atomic E-state index is -0.701. The predicted octanol–water partition coefficient (Wildman–Crippen LogP) is 3.33. The normalized spacial score (nSPS) is 22.0. The van der Waals surface area contributed by atoms with Crippen LogP contribution in [0.5, 0.6) is 5.88 Å². The average molecular weight is 309 g/mol. The first-order valence-corrected chi connectivity index (χ1v) is 7.76. The van der Waals surface area contributed by atoms with E-state index in [9.17, 15) is 4.39 Å². The Morgan fingerprint density at radius 1 is 1.32 bits per heavy atom. The number of alkyl halides is 1. The van der Waals surface area contributed by atoms with Crippen molar-refractivity contribution in [2.24, 2.45) is 4.99 Å². The molecule has 5 nitrogen and oxygen atoms in total. The average Bonchev–Trinajstić information content (AvgIpc) is 2.56. The Balaban J connectivity index is 1.81. The molecule has 0 N–H and O–H groups in total. The van der Waals surface area contributed by atoms with Gasteiger partial charge < -0.3 is 14.4 Å². The molecule has 0 radical (unpaired) electrons. The van der Waals surface area contributed by atoms with Gasteiger partial charge in [-0.15, -0.1) is 0 Å². The fourth-order valence-corrected chi connectivity index (χ4v) is 2.34. The van der Waals surface area contributed by atoms with Crippen molar-refractivity contribution in [2.45, 2.75) is 44.8 Å². The van der Waals surface area contributed by atoms with E-state index in [2.05, 4.69) is 16.9 Å². The Labute approximate surface area is 131 Å². The Morgan fingerprint density at radius 2 is 2.05 bits per heavy atom. The number of pyridine rings is 1. The molecule has 1 aromatic heterocycles. The number of halogens is 1. The summed E-state index contributed by atoms with van der Waals surface area (Å²) in [5.74, 6) is 0.609. The van der Waals surface area contributed by atoms with E-state index >= 15 is 0 Å². The van der Waals surface area contributed by atoms with Gasteiger partial charge in [0, 0.05) is 19.7 Å². The zero-order valence-electron chi connectivity index (χ0n) is 13.2. The topological polar surface area (TPSA) is 47.0 Å². The van der Waals surface area contributed by atoms with E-state index in [0.29, 0.717) is 5.88 Å². The first-order valence-electron chi connectivity index (χ1n) is 7.76. The fourth-order valence-electron chi connectivity index (χ4n) is 2.34. The minimum Gasteiger partial charge on any atom is -0.474 e. The number of rotatable bonds is 7. The van der Waals surface area contributed by atoms with Gasteiger partial charge in [-0.2, -0.15) is 0 Å². The zero-order chi connectivity index (χ0) is 15.8. The van der Waals surface area contributed by atoms with Crippen LogP contribution in [0.3, 0.4) is 0 Å². The third-order valence-corrected chi connectivity index (χ3v) is 3.83. The van der Waals surface area contributed by atoms with Crippen molar-refractivity contribution in [2.75, 3.05) is 20.5 Å². The minimum absolute atomic E-state index is 0.0325. The van der Waals surface area contributed by atoms with Crippen LogP contribution in [0.4, 0.5) is 10.1 Å². The summed E-state index contributed by atoms with van der Waals surface area (Å²) < 4.78 is 23.0. The third kappa shape index (κ3) is 5.26. The van der Waals surface area contributed by atoms with Crippen molar-refractivity contribution < 1.29 is 13.9 Å². The molecule has 0 atom stereocenters. The second-order valence-corrected chi connectivity index (χ2v) is 5.46. The van der Waals surface area contributed by atoms with Crippen molar-refractivity contribution in [3.05, 3.63) is 18.3 Å². The molecule has 0 aliphatic heterocycles. The molecule has 1 saturated carbocycles. The summed E-state index contributed by atoms with van der Waals surface area (Å²) >= 11 is 0. The zero-order valence-corrected chi connectivity index (χ0v) is 13.2. The molecule has 0 amide bonds. The molecule has 1 aliphatic carbocycles. The smallest absolute Gasteiger partial charge is 0.213 e. The second kappa shape index (κ2) is 8.68. The van der Waals surface area contributed by atoms with E-state index in [0.717, 1.165) is 37.9 Å². The number of aliphatic imine (C=N–C) groups is 1. The maximum atomic E-state index is 12.1. The Kier molecular flexibility index (Phi) is 6.58. The molecule has 6 heteroatoms. The largest absolute Gasteiger partial charge is 0.474 e. The summed E-state index contributed by atoms with van der Waals surface area (Å²) in [7, 11) is 1.97. The molecule has 1 heterocycles. The summed E-state index contributed by atoms with van der Waals surface area (Å²) in [5.41, 5.74) is 0.799. The number of hydrogen-bond acceptors (Lipinski definition) is 4. The molecule has 0 aromatic carbocycles. The molecular weight excluding hydrogens is 285 g/mol. The molecule has 0 bridgehead atoms. The van der Waals surface area contributed by atoms with Gasteiger partial charge in [0.25, 0.3) is 0 Å². The molecule has 0 spiro atoms. The van der Waals surface area contributed by atoms with Gasteiger partial charge in [-0.1, -0.05) is 0 Å². The van der Waals surface area contributed by atoms with Crippen molar-refractivity contribution in [3.63, 3.8) is 0 Å². The van der Waals surface area contributed by atoms with E-state index in [-0.39, 0.29) is 12.2 Å². The summed E-state index contributed by atoms with van der Waals surface area (Å²) in [6.07, 6.45) is 7.05. The summed E-state index contributed by atoms with van der Waals surface area (Å²) in [5, 5.41) is 0. The molecule has 22 heavy (non-hydrogen) atoms. The molecule has 1 aliphatic rings. The van der Waals surface area contributed by atoms with Crippen LogP contribution in [0.1, 0.15) is 32.6 Å². The van der Waals surface area contributed by atoms with E-state index in [1.165, 1.54) is 0 Å². The van der Waals surface area contributed by atoms with Gasteiger partial charge in [-0.25, -0.2) is 14.4 Å². The lowest BCUT2D eigenvalue weighted by atomic mass is 9.95. The van der Waals surface area contributed by atoms with Crippen molar-refractivity contribution in [1.82, 2.24) is 9.88 Å². The molecule has 1 fully saturated rings. The highest BCUT2D eigenvalue weighted by Gasteiger charge is 2.23. The van der Waals surface area contributed by atoms with Crippen LogP contribution in [0.25, 0.3) is 0 Å². The van der Waals surface area contributed by atoms with Crippen LogP contribution in [-0.2, 0) is 4.74 Å². The Hall–Kier alpha value is -1.69. The highest BCUT2D eigenvalue weighted by molar-refractivity contribution is 5.60. The van der Waals surface area contributed by atoms with Gasteiger partial charge in [0.2, 0.25) is 5.88 Å². The summed E-state index contributed by atoms with van der Waals surface area (Å²) in [6.45, 7) is 2.27. The van der Waals surface area contributed by atoms with Gasteiger partial charge in [0.1, 0.15) is 6.10 Å². The number of nitrogens with zero attached hydrogens (tertiary/aromatic N) is 3. The fraction of sp³-hybridized carbons (Fsp3) is 0.625. The van der Waals surface area contributed by atoms with Gasteiger partial charge in [-0.3, -0.25) is 0 Å². The van der Waals surface area contributed by atoms with Crippen LogP contribution < -0.4 is 4.74 Å². The van der Waals surface area contributed by atoms with Crippen LogP contribution in [0.2, 0.25) is 0 Å². The van der Waals surface area contributed by atoms with Crippen LogP contribution in [-0.4, -0.2) is 48.9 Å². The van der Waals surface area contributed by atoms with E-state index in [4.69, 9.17) is 9.47 Å². The first-order chi connectivity index (χ1) is 10.7. The lowest BCUT2D eigenvalue weighted by molar-refractivity contribution is -0.0374. The van der Waals surface area contributed by atoms with Crippen LogP contribution in [0, 0.1) is 0 Å². The monoisotopic (exact) mass is 309 g/mol. The third-order valence-electron chi connectivity index (χ3n) is 3.83. The van der Waals surface area contributed by atoms with E-state index < -0.39 is 6.86 Å². The van der Waals surface area contributed by atoms with Gasteiger partial charge in [0.05, 0.1) is 24.3 Å². The van der Waals surface area contributed by atoms with Crippen molar-refractivity contribution >= 4 is 12.0 Å². The number of ether oxygens (including phenoxy) is 2. The SMILES string of the molecule is CCN(C)/C=N/c1ccc(O[C@H]2CC[C@@H](OCF)CC2)nc1. The van der Waals surface area contributed by atoms with Gasteiger partial charge in [-0.05, 0) is 38.7 Å². The maximum absolute atomic E-state index is 12.1. The van der Waals surface area contributed by atoms with Crippen LogP contribution in [0.15, 0.2) is 23.3 Å². The Bertz CT molecular complexity index is 459. The van der Waals surface area contributed by atoms with Crippen molar-refractivity contribution in [3.8, 4) is 5.88 Å². The standard InChI is InChI=1S/C16H24FN3O2/c1-3-20(2)12-19-13-4-9-16(18-10-13)22-15-7-5-14(6-8-15)21-11-17/h4,9-10,12,14-15H,3,5-8,11H2,1-2H3/b19-12+/t14-,15+. The maximum Gasteiger partial charge on any atom is 0.213 e. The summed E-state index contributed by atoms with van der Waals surface area (Å²) in [6, 6.07) is 3.73. The molecule has 1 aromatic rings. The van der Waals surface area contributed by atoms with Gasteiger partial charge in [0.15, 0.2) is 6.86 Å². The predicted molar refractivity (Wildman–Crippen MR) is 84.4 cm³/mol. The Morgan fingerprint density at radius 3 is 2.64 bits per heavy atom. The molecule has 0 saturated heterocycles. The second-order valence-electron chi connectivity index (χ2n) is 5.46. The number of aromatic nitrogens is 1. The highest BCUT2D eigenvalue weighted by Crippen LogP contribution is 2.25. The molecule has 122 valence electrons. The number of hydrogen-bond donors (Lipinski definition) is 0. The van der Waals surface area contributed by atoms with Gasteiger partial charge >= 0.3 is 0 Å². The molecule has 0 unspecified atom stereocenters. The lowest BCUT2D eigenvalue weighted by Gasteiger charge is -2.27. The lowest BCUT2D eigenvalue weighted by Crippen LogP contribution is -2.28. The van der Waals surface area contributed by atoms with Crippen molar-refractivity contribution in [1.29, 1.82) is 0 Å². The van der Waals surface area contributed by atoms with Crippen LogP contribution >= 0.6 is 0 Å². The first kappa shape index (κ1) is 16.7.